The molecule has 0 aliphatic heterocycles. The molecule has 196 valence electrons. The zero-order valence-corrected chi connectivity index (χ0v) is 26.8. The van der Waals surface area contributed by atoms with Crippen molar-refractivity contribution in [2.24, 2.45) is 0 Å². The van der Waals surface area contributed by atoms with Crippen LogP contribution >= 0.6 is 68.9 Å². The summed E-state index contributed by atoms with van der Waals surface area (Å²) in [7, 11) is 0. The zero-order valence-electron chi connectivity index (χ0n) is 21.9. The van der Waals surface area contributed by atoms with Crippen LogP contribution in [0.5, 0.6) is 0 Å². The third-order valence-corrected chi connectivity index (χ3v) is 13.8. The van der Waals surface area contributed by atoms with Crippen molar-refractivity contribution >= 4 is 98.4 Å². The summed E-state index contributed by atoms with van der Waals surface area (Å²) < 4.78 is 8.52. The van der Waals surface area contributed by atoms with Crippen molar-refractivity contribution in [3.05, 3.63) is 70.4 Å². The molecule has 4 aromatic heterocycles. The first-order valence-electron chi connectivity index (χ1n) is 13.6. The maximum Gasteiger partial charge on any atom is 0.0649 e. The van der Waals surface area contributed by atoms with Gasteiger partial charge >= 0.3 is 0 Å². The molecule has 0 amide bonds. The molecule has 0 aliphatic rings. The molecule has 4 heterocycles. The SMILES string of the molecule is CCCCCc1ccc(Sc2ccc3c(c2)sc2c4ccc(Sc5ccc(CCCCC)s5)cc4sc32)s1. The van der Waals surface area contributed by atoms with Gasteiger partial charge in [-0.2, -0.15) is 0 Å². The van der Waals surface area contributed by atoms with Crippen LogP contribution in [0, 0.1) is 0 Å². The second-order valence-corrected chi connectivity index (χ2v) is 16.9. The Kier molecular flexibility index (Phi) is 8.85. The molecule has 0 atom stereocenters. The van der Waals surface area contributed by atoms with Gasteiger partial charge in [0.2, 0.25) is 0 Å². The third kappa shape index (κ3) is 6.06. The summed E-state index contributed by atoms with van der Waals surface area (Å²) in [6.07, 6.45) is 10.3. The molecule has 0 saturated carbocycles. The molecule has 0 saturated heterocycles. The van der Waals surface area contributed by atoms with E-state index in [1.807, 2.05) is 68.9 Å². The first kappa shape index (κ1) is 26.9. The number of rotatable bonds is 12. The van der Waals surface area contributed by atoms with E-state index in [0.29, 0.717) is 0 Å². The molecule has 0 bridgehead atoms. The van der Waals surface area contributed by atoms with Crippen LogP contribution in [-0.4, -0.2) is 0 Å². The van der Waals surface area contributed by atoms with E-state index in [2.05, 4.69) is 74.5 Å². The van der Waals surface area contributed by atoms with E-state index in [1.54, 1.807) is 0 Å². The normalized spacial score (nSPS) is 11.9. The fourth-order valence-electron chi connectivity index (χ4n) is 4.77. The van der Waals surface area contributed by atoms with E-state index in [1.165, 1.54) is 109 Å². The quantitative estimate of drug-likeness (QED) is 0.127. The number of benzene rings is 2. The van der Waals surface area contributed by atoms with E-state index in [4.69, 9.17) is 0 Å². The average Bonchev–Trinajstić information content (AvgIpc) is 3.69. The Hall–Kier alpha value is -1.28. The van der Waals surface area contributed by atoms with Gasteiger partial charge < -0.3 is 0 Å². The van der Waals surface area contributed by atoms with Gasteiger partial charge in [0.15, 0.2) is 0 Å². The molecule has 0 spiro atoms. The van der Waals surface area contributed by atoms with Crippen molar-refractivity contribution in [1.82, 2.24) is 0 Å². The molecule has 2 aromatic carbocycles. The highest BCUT2D eigenvalue weighted by Gasteiger charge is 2.14. The number of hydrogen-bond donors (Lipinski definition) is 0. The zero-order chi connectivity index (χ0) is 25.9. The minimum absolute atomic E-state index is 1.22. The molecule has 0 unspecified atom stereocenters. The van der Waals surface area contributed by atoms with Crippen LogP contribution in [0.25, 0.3) is 29.6 Å². The summed E-state index contributed by atoms with van der Waals surface area (Å²) in [5.41, 5.74) is 0. The molecule has 6 rings (SSSR count). The lowest BCUT2D eigenvalue weighted by Crippen LogP contribution is -1.78. The van der Waals surface area contributed by atoms with Crippen LogP contribution in [0.2, 0.25) is 0 Å². The van der Waals surface area contributed by atoms with Crippen LogP contribution in [0.4, 0.5) is 0 Å². The van der Waals surface area contributed by atoms with Gasteiger partial charge in [0, 0.05) is 39.7 Å². The van der Waals surface area contributed by atoms with Gasteiger partial charge in [0.1, 0.15) is 0 Å². The number of thiophene rings is 4. The maximum absolute atomic E-state index is 2.40. The number of hydrogen-bond acceptors (Lipinski definition) is 6. The molecule has 0 fully saturated rings. The van der Waals surface area contributed by atoms with Gasteiger partial charge in [0.05, 0.1) is 17.8 Å². The largest absolute Gasteiger partial charge is 0.134 e. The van der Waals surface area contributed by atoms with E-state index >= 15 is 0 Å². The Morgan fingerprint density at radius 3 is 1.45 bits per heavy atom. The molecule has 6 heteroatoms. The molecule has 38 heavy (non-hydrogen) atoms. The molecular weight excluding hydrogens is 577 g/mol. The molecule has 0 nitrogen and oxygen atoms in total. The number of fused-ring (bicyclic) bond motifs is 5. The van der Waals surface area contributed by atoms with Gasteiger partial charge in [-0.1, -0.05) is 75.2 Å². The van der Waals surface area contributed by atoms with Crippen LogP contribution in [0.3, 0.4) is 0 Å². The summed E-state index contributed by atoms with van der Waals surface area (Å²) in [5, 5.41) is 2.82. The Balaban J connectivity index is 1.19. The third-order valence-electron chi connectivity index (χ3n) is 6.79. The maximum atomic E-state index is 2.40. The highest BCUT2D eigenvalue weighted by atomic mass is 32.2. The van der Waals surface area contributed by atoms with E-state index < -0.39 is 0 Å². The Morgan fingerprint density at radius 2 is 1.00 bits per heavy atom. The van der Waals surface area contributed by atoms with Crippen molar-refractivity contribution in [1.29, 1.82) is 0 Å². The predicted octanol–water partition coefficient (Wildman–Crippen LogP) is 13.2. The van der Waals surface area contributed by atoms with Gasteiger partial charge in [0.25, 0.3) is 0 Å². The molecular formula is C32H32S6. The monoisotopic (exact) mass is 608 g/mol. The van der Waals surface area contributed by atoms with Crippen molar-refractivity contribution < 1.29 is 0 Å². The fourth-order valence-corrected chi connectivity index (χ4v) is 12.1. The van der Waals surface area contributed by atoms with Crippen molar-refractivity contribution in [2.45, 2.75) is 83.4 Å². The van der Waals surface area contributed by atoms with Gasteiger partial charge in [-0.3, -0.25) is 0 Å². The Labute approximate surface area is 250 Å². The average molecular weight is 609 g/mol. The highest BCUT2D eigenvalue weighted by molar-refractivity contribution is 8.01. The summed E-state index contributed by atoms with van der Waals surface area (Å²) >= 11 is 11.7. The summed E-state index contributed by atoms with van der Waals surface area (Å²) in [6, 6.07) is 23.4. The van der Waals surface area contributed by atoms with Crippen LogP contribution in [0.1, 0.15) is 62.1 Å². The van der Waals surface area contributed by atoms with Crippen molar-refractivity contribution in [2.75, 3.05) is 0 Å². The van der Waals surface area contributed by atoms with E-state index in [0.717, 1.165) is 0 Å². The molecule has 0 radical (unpaired) electrons. The van der Waals surface area contributed by atoms with Gasteiger partial charge in [-0.05, 0) is 74.2 Å². The summed E-state index contributed by atoms with van der Waals surface area (Å²) in [6.45, 7) is 4.55. The van der Waals surface area contributed by atoms with E-state index in [9.17, 15) is 0 Å². The second-order valence-electron chi connectivity index (χ2n) is 9.74. The Bertz CT molecular complexity index is 1540. The minimum Gasteiger partial charge on any atom is -0.134 e. The molecule has 0 aliphatic carbocycles. The van der Waals surface area contributed by atoms with Crippen LogP contribution in [0.15, 0.2) is 78.9 Å². The van der Waals surface area contributed by atoms with Gasteiger partial charge in [-0.15, -0.1) is 45.3 Å². The second kappa shape index (κ2) is 12.5. The first-order chi connectivity index (χ1) is 18.7. The molecule has 0 N–H and O–H groups in total. The molecule has 6 aromatic rings. The lowest BCUT2D eigenvalue weighted by molar-refractivity contribution is 0.722. The lowest BCUT2D eigenvalue weighted by atomic mass is 10.2. The summed E-state index contributed by atoms with van der Waals surface area (Å²) in [4.78, 5) is 5.74. The fraction of sp³-hybridized carbons (Fsp3) is 0.312. The van der Waals surface area contributed by atoms with Crippen molar-refractivity contribution in [3.63, 3.8) is 0 Å². The minimum atomic E-state index is 1.22. The standard InChI is InChI=1S/C32H32S6/c1-3-5-7-9-21-13-17-29(33-21)35-23-11-15-25-27(19-23)37-32-26-16-12-24(20-28(26)38-31(25)32)36-30-18-14-22(34-30)10-8-6-4-2/h11-20H,3-10H2,1-2H3. The number of unbranched alkanes of at least 4 members (excludes halogenated alkanes) is 4. The van der Waals surface area contributed by atoms with E-state index in [-0.39, 0.29) is 0 Å². The van der Waals surface area contributed by atoms with Crippen LogP contribution < -0.4 is 0 Å². The first-order valence-corrected chi connectivity index (χ1v) is 18.5. The van der Waals surface area contributed by atoms with Crippen molar-refractivity contribution in [3.8, 4) is 0 Å². The van der Waals surface area contributed by atoms with Gasteiger partial charge in [-0.25, -0.2) is 0 Å². The summed E-state index contributed by atoms with van der Waals surface area (Å²) in [5.74, 6) is 0. The topological polar surface area (TPSA) is 0 Å². The number of aryl methyl sites for hydroxylation is 2. The van der Waals surface area contributed by atoms with Crippen LogP contribution in [-0.2, 0) is 12.8 Å². The Morgan fingerprint density at radius 1 is 0.526 bits per heavy atom. The lowest BCUT2D eigenvalue weighted by Gasteiger charge is -2.00. The predicted molar refractivity (Wildman–Crippen MR) is 178 cm³/mol. The smallest absolute Gasteiger partial charge is 0.0649 e. The highest BCUT2D eigenvalue weighted by Crippen LogP contribution is 2.47.